The monoisotopic (exact) mass is 219 g/mol. The first-order chi connectivity index (χ1) is 7.50. The number of hydrogen-bond donors (Lipinski definition) is 1. The van der Waals surface area contributed by atoms with E-state index in [0.29, 0.717) is 5.58 Å². The maximum absolute atomic E-state index is 10.8. The topological polar surface area (TPSA) is 63.3 Å². The van der Waals surface area contributed by atoms with E-state index < -0.39 is 11.4 Å². The molecule has 0 aliphatic carbocycles. The predicted molar refractivity (Wildman–Crippen MR) is 59.3 cm³/mol. The number of carboxylic acid groups (broad SMARTS) is 1. The second-order valence-electron chi connectivity index (χ2n) is 4.50. The number of aliphatic carboxylic acids is 1. The van der Waals surface area contributed by atoms with E-state index in [2.05, 4.69) is 5.16 Å². The van der Waals surface area contributed by atoms with E-state index in [1.807, 2.05) is 32.0 Å². The summed E-state index contributed by atoms with van der Waals surface area (Å²) in [5, 5.41) is 13.5. The number of hydrogen-bond acceptors (Lipinski definition) is 3. The molecule has 0 spiro atoms. The Morgan fingerprint density at radius 1 is 1.50 bits per heavy atom. The van der Waals surface area contributed by atoms with Gasteiger partial charge >= 0.3 is 5.97 Å². The van der Waals surface area contributed by atoms with Crippen LogP contribution in [0.5, 0.6) is 0 Å². The van der Waals surface area contributed by atoms with Crippen LogP contribution in [0.2, 0.25) is 0 Å². The van der Waals surface area contributed by atoms with Gasteiger partial charge in [0.25, 0.3) is 0 Å². The number of fused-ring (bicyclic) bond motifs is 1. The first-order valence-electron chi connectivity index (χ1n) is 5.06. The number of carbonyl (C=O) groups is 1. The van der Waals surface area contributed by atoms with Gasteiger partial charge in [-0.1, -0.05) is 31.1 Å². The normalized spacial score (nSPS) is 11.9. The van der Waals surface area contributed by atoms with Gasteiger partial charge in [0.05, 0.1) is 12.6 Å². The van der Waals surface area contributed by atoms with E-state index in [4.69, 9.17) is 9.63 Å². The van der Waals surface area contributed by atoms with Crippen LogP contribution in [0.1, 0.15) is 25.8 Å². The third-order valence-electron chi connectivity index (χ3n) is 2.70. The Labute approximate surface area is 92.9 Å². The molecule has 4 heteroatoms. The lowest BCUT2D eigenvalue weighted by Crippen LogP contribution is -2.21. The van der Waals surface area contributed by atoms with Crippen LogP contribution < -0.4 is 0 Å². The molecule has 16 heavy (non-hydrogen) atoms. The first kappa shape index (κ1) is 10.7. The zero-order valence-corrected chi connectivity index (χ0v) is 9.23. The highest BCUT2D eigenvalue weighted by Crippen LogP contribution is 2.32. The molecule has 0 bridgehead atoms. The molecule has 1 aromatic heterocycles. The average molecular weight is 219 g/mol. The van der Waals surface area contributed by atoms with Crippen molar-refractivity contribution in [1.29, 1.82) is 0 Å². The molecule has 1 heterocycles. The lowest BCUT2D eigenvalue weighted by atomic mass is 9.81. The fourth-order valence-corrected chi connectivity index (χ4v) is 1.90. The van der Waals surface area contributed by atoms with Crippen LogP contribution in [-0.4, -0.2) is 16.2 Å². The molecule has 0 amide bonds. The molecule has 2 aromatic rings. The highest BCUT2D eigenvalue weighted by molar-refractivity contribution is 5.81. The number of benzene rings is 1. The van der Waals surface area contributed by atoms with Gasteiger partial charge in [-0.15, -0.1) is 0 Å². The van der Waals surface area contributed by atoms with Crippen molar-refractivity contribution in [2.24, 2.45) is 0 Å². The fraction of sp³-hybridized carbons (Fsp3) is 0.333. The lowest BCUT2D eigenvalue weighted by molar-refractivity contribution is -0.138. The zero-order valence-electron chi connectivity index (χ0n) is 9.23. The van der Waals surface area contributed by atoms with Gasteiger partial charge in [-0.2, -0.15) is 0 Å². The van der Waals surface area contributed by atoms with Crippen LogP contribution in [0.15, 0.2) is 28.9 Å². The van der Waals surface area contributed by atoms with Crippen LogP contribution in [0, 0.1) is 0 Å². The predicted octanol–water partition coefficient (Wildman–Crippen LogP) is 2.58. The average Bonchev–Trinajstić information content (AvgIpc) is 2.62. The number of aromatic nitrogens is 1. The van der Waals surface area contributed by atoms with Gasteiger partial charge in [0.15, 0.2) is 5.58 Å². The third-order valence-corrected chi connectivity index (χ3v) is 2.70. The summed E-state index contributed by atoms with van der Waals surface area (Å²) >= 11 is 0. The van der Waals surface area contributed by atoms with Crippen molar-refractivity contribution in [3.05, 3.63) is 30.0 Å². The van der Waals surface area contributed by atoms with Crippen LogP contribution in [0.3, 0.4) is 0 Å². The minimum Gasteiger partial charge on any atom is -0.481 e. The van der Waals surface area contributed by atoms with Crippen molar-refractivity contribution in [2.75, 3.05) is 0 Å². The van der Waals surface area contributed by atoms with Crippen molar-refractivity contribution >= 4 is 16.9 Å². The van der Waals surface area contributed by atoms with E-state index >= 15 is 0 Å². The molecule has 1 N–H and O–H groups in total. The van der Waals surface area contributed by atoms with E-state index in [1.54, 1.807) is 6.20 Å². The highest BCUT2D eigenvalue weighted by atomic mass is 16.5. The molecule has 84 valence electrons. The Bertz CT molecular complexity index is 528. The summed E-state index contributed by atoms with van der Waals surface area (Å²) in [6.07, 6.45) is 1.70. The first-order valence-corrected chi connectivity index (χ1v) is 5.06. The van der Waals surface area contributed by atoms with E-state index in [9.17, 15) is 4.79 Å². The van der Waals surface area contributed by atoms with Gasteiger partial charge < -0.3 is 9.63 Å². The fourth-order valence-electron chi connectivity index (χ4n) is 1.90. The van der Waals surface area contributed by atoms with Crippen LogP contribution >= 0.6 is 0 Å². The standard InChI is InChI=1S/C12H13NO3/c1-12(2,6-10(14)15)9-5-3-4-8-7-13-16-11(8)9/h3-5,7H,6H2,1-2H3,(H,14,15). The molecule has 0 aliphatic heterocycles. The van der Waals surface area contributed by atoms with Crippen molar-refractivity contribution in [3.8, 4) is 0 Å². The molecule has 1 aromatic carbocycles. The van der Waals surface area contributed by atoms with E-state index in [0.717, 1.165) is 10.9 Å². The van der Waals surface area contributed by atoms with E-state index in [1.165, 1.54) is 0 Å². The Morgan fingerprint density at radius 3 is 2.94 bits per heavy atom. The largest absolute Gasteiger partial charge is 0.481 e. The molecule has 0 unspecified atom stereocenters. The molecule has 2 rings (SSSR count). The molecule has 0 atom stereocenters. The molecule has 0 saturated carbocycles. The number of rotatable bonds is 3. The Morgan fingerprint density at radius 2 is 2.25 bits per heavy atom. The van der Waals surface area contributed by atoms with Crippen LogP contribution in [0.25, 0.3) is 11.0 Å². The van der Waals surface area contributed by atoms with Crippen molar-refractivity contribution in [1.82, 2.24) is 5.16 Å². The maximum Gasteiger partial charge on any atom is 0.304 e. The summed E-state index contributed by atoms with van der Waals surface area (Å²) < 4.78 is 5.17. The van der Waals surface area contributed by atoms with Crippen LogP contribution in [0.4, 0.5) is 0 Å². The quantitative estimate of drug-likeness (QED) is 0.861. The summed E-state index contributed by atoms with van der Waals surface area (Å²) in [5.74, 6) is -0.818. The molecule has 0 saturated heterocycles. The summed E-state index contributed by atoms with van der Waals surface area (Å²) in [6, 6.07) is 5.67. The smallest absolute Gasteiger partial charge is 0.304 e. The number of nitrogens with zero attached hydrogens (tertiary/aromatic N) is 1. The molecule has 4 nitrogen and oxygen atoms in total. The summed E-state index contributed by atoms with van der Waals surface area (Å²) in [6.45, 7) is 3.77. The SMILES string of the molecule is CC(C)(CC(=O)O)c1cccc2cnoc12. The van der Waals surface area contributed by atoms with Crippen molar-refractivity contribution < 1.29 is 14.4 Å². The van der Waals surface area contributed by atoms with Gasteiger partial charge in [-0.25, -0.2) is 0 Å². The second kappa shape index (κ2) is 3.63. The van der Waals surface area contributed by atoms with Crippen molar-refractivity contribution in [2.45, 2.75) is 25.7 Å². The molecule has 0 aliphatic rings. The summed E-state index contributed by atoms with van der Waals surface area (Å²) in [4.78, 5) is 10.8. The summed E-state index contributed by atoms with van der Waals surface area (Å²) in [7, 11) is 0. The van der Waals surface area contributed by atoms with Crippen molar-refractivity contribution in [3.63, 3.8) is 0 Å². The van der Waals surface area contributed by atoms with Gasteiger partial charge in [-0.3, -0.25) is 4.79 Å². The Kier molecular flexibility index (Phi) is 2.42. The minimum absolute atomic E-state index is 0.0623. The van der Waals surface area contributed by atoms with Gasteiger partial charge in [0.1, 0.15) is 0 Å². The Hall–Kier alpha value is -1.84. The van der Waals surface area contributed by atoms with Gasteiger partial charge in [-0.05, 0) is 6.07 Å². The molecule has 0 fully saturated rings. The number of para-hydroxylation sites is 1. The highest BCUT2D eigenvalue weighted by Gasteiger charge is 2.27. The minimum atomic E-state index is -0.818. The van der Waals surface area contributed by atoms with Crippen LogP contribution in [-0.2, 0) is 10.2 Å². The number of carboxylic acids is 1. The second-order valence-corrected chi connectivity index (χ2v) is 4.50. The van der Waals surface area contributed by atoms with Gasteiger partial charge in [0.2, 0.25) is 0 Å². The third kappa shape index (κ3) is 1.78. The zero-order chi connectivity index (χ0) is 11.8. The Balaban J connectivity index is 2.53. The molecular weight excluding hydrogens is 206 g/mol. The van der Waals surface area contributed by atoms with Gasteiger partial charge in [0, 0.05) is 16.4 Å². The summed E-state index contributed by atoms with van der Waals surface area (Å²) in [5.41, 5.74) is 1.09. The van der Waals surface area contributed by atoms with E-state index in [-0.39, 0.29) is 6.42 Å². The molecular formula is C12H13NO3. The maximum atomic E-state index is 10.8. The lowest BCUT2D eigenvalue weighted by Gasteiger charge is -2.22. The molecule has 0 radical (unpaired) electrons.